The molecule has 0 saturated carbocycles. The van der Waals surface area contributed by atoms with Crippen LogP contribution in [0.5, 0.6) is 5.75 Å². The summed E-state index contributed by atoms with van der Waals surface area (Å²) in [7, 11) is 3.38. The molecule has 1 aromatic rings. The fourth-order valence-corrected chi connectivity index (χ4v) is 3.06. The molecule has 0 aliphatic carbocycles. The average Bonchev–Trinajstić information content (AvgIpc) is 2.60. The summed E-state index contributed by atoms with van der Waals surface area (Å²) in [6, 6.07) is 7.86. The molecule has 0 radical (unpaired) electrons. The van der Waals surface area contributed by atoms with Crippen LogP contribution in [0.15, 0.2) is 24.3 Å². The molecular weight excluding hydrogens is 328 g/mol. The minimum atomic E-state index is 0. The lowest BCUT2D eigenvalue weighted by molar-refractivity contribution is -0.122. The molecule has 6 heteroatoms. The topological polar surface area (TPSA) is 59.6 Å². The molecule has 0 aromatic heterocycles. The third kappa shape index (κ3) is 6.30. The van der Waals surface area contributed by atoms with E-state index in [1.165, 1.54) is 0 Å². The Hall–Kier alpha value is -1.30. The molecule has 5 nitrogen and oxygen atoms in total. The number of hydrogen-bond acceptors (Lipinski definition) is 4. The number of halogens is 1. The lowest BCUT2D eigenvalue weighted by Crippen LogP contribution is -2.47. The Bertz CT molecular complexity index is 482. The third-order valence-electron chi connectivity index (χ3n) is 4.58. The van der Waals surface area contributed by atoms with Crippen LogP contribution in [0.4, 0.5) is 0 Å². The molecule has 1 aliphatic heterocycles. The first-order chi connectivity index (χ1) is 11.2. The van der Waals surface area contributed by atoms with E-state index >= 15 is 0 Å². The van der Waals surface area contributed by atoms with Gasteiger partial charge in [0, 0.05) is 25.5 Å². The van der Waals surface area contributed by atoms with Crippen molar-refractivity contribution in [2.75, 3.05) is 40.5 Å². The van der Waals surface area contributed by atoms with Crippen molar-refractivity contribution in [3.05, 3.63) is 29.8 Å². The van der Waals surface area contributed by atoms with Crippen LogP contribution in [0.3, 0.4) is 0 Å². The van der Waals surface area contributed by atoms with Crippen molar-refractivity contribution < 1.29 is 14.3 Å². The Morgan fingerprint density at radius 2 is 1.88 bits per heavy atom. The van der Waals surface area contributed by atoms with Crippen molar-refractivity contribution in [1.29, 1.82) is 0 Å². The van der Waals surface area contributed by atoms with Crippen molar-refractivity contribution >= 4 is 18.3 Å². The maximum absolute atomic E-state index is 12.1. The van der Waals surface area contributed by atoms with E-state index in [0.29, 0.717) is 19.6 Å². The molecule has 1 heterocycles. The second kappa shape index (κ2) is 10.5. The van der Waals surface area contributed by atoms with Gasteiger partial charge in [-0.05, 0) is 50.0 Å². The largest absolute Gasteiger partial charge is 0.497 e. The maximum atomic E-state index is 12.1. The predicted octanol–water partition coefficient (Wildman–Crippen LogP) is 2.18. The number of amides is 1. The molecule has 1 aromatic carbocycles. The smallest absolute Gasteiger partial charge is 0.220 e. The molecule has 1 fully saturated rings. The van der Waals surface area contributed by atoms with Crippen LogP contribution in [0.25, 0.3) is 0 Å². The molecule has 1 amide bonds. The van der Waals surface area contributed by atoms with E-state index in [1.54, 1.807) is 14.2 Å². The summed E-state index contributed by atoms with van der Waals surface area (Å²) in [6.45, 7) is 3.38. The van der Waals surface area contributed by atoms with Crippen LogP contribution in [0.2, 0.25) is 0 Å². The zero-order chi connectivity index (χ0) is 16.5. The summed E-state index contributed by atoms with van der Waals surface area (Å²) in [4.78, 5) is 12.1. The molecule has 24 heavy (non-hydrogen) atoms. The van der Waals surface area contributed by atoms with E-state index in [9.17, 15) is 4.79 Å². The van der Waals surface area contributed by atoms with Gasteiger partial charge in [-0.25, -0.2) is 0 Å². The second-order valence-electron chi connectivity index (χ2n) is 6.31. The molecule has 0 spiro atoms. The SMILES string of the molecule is COCC1(CNC(=O)CCc2ccc(OC)cc2)CCNCC1.Cl. The first-order valence-electron chi connectivity index (χ1n) is 8.27. The van der Waals surface area contributed by atoms with Gasteiger partial charge in [0.15, 0.2) is 0 Å². The standard InChI is InChI=1S/C18H28N2O3.ClH/c1-22-14-18(9-11-19-12-10-18)13-20-17(21)8-5-15-3-6-16(23-2)7-4-15;/h3-4,6-7,19H,5,8-14H2,1-2H3,(H,20,21);1H. The van der Waals surface area contributed by atoms with Gasteiger partial charge in [0.25, 0.3) is 0 Å². The summed E-state index contributed by atoms with van der Waals surface area (Å²) >= 11 is 0. The van der Waals surface area contributed by atoms with Crippen molar-refractivity contribution in [3.63, 3.8) is 0 Å². The van der Waals surface area contributed by atoms with E-state index in [2.05, 4.69) is 10.6 Å². The maximum Gasteiger partial charge on any atom is 0.220 e. The molecule has 2 rings (SSSR count). The van der Waals surface area contributed by atoms with Gasteiger partial charge in [0.05, 0.1) is 13.7 Å². The molecule has 1 saturated heterocycles. The number of aryl methyl sites for hydroxylation is 1. The summed E-state index contributed by atoms with van der Waals surface area (Å²) in [5, 5.41) is 6.46. The highest BCUT2D eigenvalue weighted by Crippen LogP contribution is 2.28. The number of piperidine rings is 1. The summed E-state index contributed by atoms with van der Waals surface area (Å²) in [5.74, 6) is 0.945. The van der Waals surface area contributed by atoms with E-state index in [0.717, 1.165) is 43.7 Å². The Kier molecular flexibility index (Phi) is 9.11. The van der Waals surface area contributed by atoms with Gasteiger partial charge in [-0.1, -0.05) is 12.1 Å². The van der Waals surface area contributed by atoms with E-state index < -0.39 is 0 Å². The van der Waals surface area contributed by atoms with Gasteiger partial charge in [-0.3, -0.25) is 4.79 Å². The molecule has 0 bridgehead atoms. The van der Waals surface area contributed by atoms with E-state index in [1.807, 2.05) is 24.3 Å². The number of ether oxygens (including phenoxy) is 2. The Morgan fingerprint density at radius 3 is 2.46 bits per heavy atom. The summed E-state index contributed by atoms with van der Waals surface area (Å²) < 4.78 is 10.5. The minimum Gasteiger partial charge on any atom is -0.497 e. The van der Waals surface area contributed by atoms with Crippen LogP contribution in [-0.4, -0.2) is 46.4 Å². The lowest BCUT2D eigenvalue weighted by atomic mass is 9.79. The zero-order valence-corrected chi connectivity index (χ0v) is 15.4. The lowest BCUT2D eigenvalue weighted by Gasteiger charge is -2.37. The number of rotatable bonds is 8. The first-order valence-corrected chi connectivity index (χ1v) is 8.27. The van der Waals surface area contributed by atoms with Gasteiger partial charge in [-0.2, -0.15) is 0 Å². The highest BCUT2D eigenvalue weighted by Gasteiger charge is 2.32. The summed E-state index contributed by atoms with van der Waals surface area (Å²) in [5.41, 5.74) is 1.23. The van der Waals surface area contributed by atoms with Gasteiger partial charge in [0.2, 0.25) is 5.91 Å². The Balaban J connectivity index is 0.00000288. The first kappa shape index (κ1) is 20.7. The molecular formula is C18H29ClN2O3. The molecule has 0 unspecified atom stereocenters. The van der Waals surface area contributed by atoms with Crippen LogP contribution in [0, 0.1) is 5.41 Å². The Morgan fingerprint density at radius 1 is 1.21 bits per heavy atom. The molecule has 0 atom stereocenters. The van der Waals surface area contributed by atoms with Crippen LogP contribution < -0.4 is 15.4 Å². The normalized spacial score (nSPS) is 16.1. The number of hydrogen-bond donors (Lipinski definition) is 2. The number of nitrogens with one attached hydrogen (secondary N) is 2. The fraction of sp³-hybridized carbons (Fsp3) is 0.611. The number of carbonyl (C=O) groups is 1. The number of carbonyl (C=O) groups excluding carboxylic acids is 1. The molecule has 2 N–H and O–H groups in total. The van der Waals surface area contributed by atoms with Crippen LogP contribution >= 0.6 is 12.4 Å². The molecule has 136 valence electrons. The van der Waals surface area contributed by atoms with Gasteiger partial charge in [-0.15, -0.1) is 12.4 Å². The highest BCUT2D eigenvalue weighted by molar-refractivity contribution is 5.85. The monoisotopic (exact) mass is 356 g/mol. The van der Waals surface area contributed by atoms with Crippen molar-refractivity contribution in [2.45, 2.75) is 25.7 Å². The zero-order valence-electron chi connectivity index (χ0n) is 14.6. The predicted molar refractivity (Wildman–Crippen MR) is 98.0 cm³/mol. The fourth-order valence-electron chi connectivity index (χ4n) is 3.06. The van der Waals surface area contributed by atoms with Gasteiger partial charge < -0.3 is 20.1 Å². The highest BCUT2D eigenvalue weighted by atomic mass is 35.5. The van der Waals surface area contributed by atoms with E-state index in [-0.39, 0.29) is 23.7 Å². The van der Waals surface area contributed by atoms with E-state index in [4.69, 9.17) is 9.47 Å². The minimum absolute atomic E-state index is 0. The quantitative estimate of drug-likeness (QED) is 0.749. The van der Waals surface area contributed by atoms with Crippen molar-refractivity contribution in [2.24, 2.45) is 5.41 Å². The summed E-state index contributed by atoms with van der Waals surface area (Å²) in [6.07, 6.45) is 3.33. The second-order valence-corrected chi connectivity index (χ2v) is 6.31. The number of benzene rings is 1. The Labute approximate surface area is 150 Å². The van der Waals surface area contributed by atoms with Crippen molar-refractivity contribution in [1.82, 2.24) is 10.6 Å². The van der Waals surface area contributed by atoms with Gasteiger partial charge in [0.1, 0.15) is 5.75 Å². The van der Waals surface area contributed by atoms with Crippen LogP contribution in [0.1, 0.15) is 24.8 Å². The molecule has 1 aliphatic rings. The number of methoxy groups -OCH3 is 2. The van der Waals surface area contributed by atoms with Crippen molar-refractivity contribution in [3.8, 4) is 5.75 Å². The third-order valence-corrected chi connectivity index (χ3v) is 4.58. The van der Waals surface area contributed by atoms with Gasteiger partial charge >= 0.3 is 0 Å². The van der Waals surface area contributed by atoms with Crippen LogP contribution in [-0.2, 0) is 16.0 Å². The average molecular weight is 357 g/mol.